The van der Waals surface area contributed by atoms with Crippen LogP contribution in [0.15, 0.2) is 22.7 Å². The van der Waals surface area contributed by atoms with Crippen LogP contribution in [0.4, 0.5) is 0 Å². The zero-order valence-electron chi connectivity index (χ0n) is 11.9. The fraction of sp³-hybridized carbons (Fsp3) is 0.533. The quantitative estimate of drug-likeness (QED) is 0.920. The summed E-state index contributed by atoms with van der Waals surface area (Å²) in [6.07, 6.45) is 1.97. The Hall–Kier alpha value is -1.07. The molecule has 1 aliphatic heterocycles. The van der Waals surface area contributed by atoms with Gasteiger partial charge in [-0.05, 0) is 44.9 Å². The molecule has 1 saturated heterocycles. The molecule has 0 bridgehead atoms. The van der Waals surface area contributed by atoms with Crippen molar-refractivity contribution in [3.63, 3.8) is 0 Å². The minimum atomic E-state index is 0.00306. The summed E-state index contributed by atoms with van der Waals surface area (Å²) >= 11 is 3.42. The molecule has 1 amide bonds. The Balaban J connectivity index is 2.24. The van der Waals surface area contributed by atoms with E-state index in [0.717, 1.165) is 23.9 Å². The monoisotopic (exact) mass is 340 g/mol. The van der Waals surface area contributed by atoms with E-state index < -0.39 is 0 Å². The lowest BCUT2D eigenvalue weighted by molar-refractivity contribution is 0.0702. The minimum absolute atomic E-state index is 0.00306. The van der Waals surface area contributed by atoms with E-state index in [1.54, 1.807) is 0 Å². The van der Waals surface area contributed by atoms with E-state index >= 15 is 0 Å². The van der Waals surface area contributed by atoms with Gasteiger partial charge in [-0.1, -0.05) is 15.9 Å². The van der Waals surface area contributed by atoms with Crippen LogP contribution in [0.5, 0.6) is 5.75 Å². The highest BCUT2D eigenvalue weighted by Crippen LogP contribution is 2.27. The highest BCUT2D eigenvalue weighted by molar-refractivity contribution is 9.10. The maximum Gasteiger partial charge on any atom is 0.257 e. The highest BCUT2D eigenvalue weighted by Gasteiger charge is 2.24. The van der Waals surface area contributed by atoms with E-state index in [1.165, 1.54) is 0 Å². The second-order valence-electron chi connectivity index (χ2n) is 5.46. The number of carbonyl (C=O) groups is 1. The largest absolute Gasteiger partial charge is 0.490 e. The lowest BCUT2D eigenvalue weighted by Crippen LogP contribution is -2.45. The molecule has 1 atom stereocenters. The summed E-state index contributed by atoms with van der Waals surface area (Å²) < 4.78 is 6.66. The highest BCUT2D eigenvalue weighted by atomic mass is 79.9. The number of piperidine rings is 1. The molecule has 20 heavy (non-hydrogen) atoms. The number of benzene rings is 1. The molecule has 1 aromatic rings. The number of nitrogens with zero attached hydrogens (tertiary/aromatic N) is 1. The van der Waals surface area contributed by atoms with Gasteiger partial charge in [-0.15, -0.1) is 0 Å². The maximum atomic E-state index is 12.6. The number of amides is 1. The third-order valence-corrected chi connectivity index (χ3v) is 3.78. The van der Waals surface area contributed by atoms with Crippen molar-refractivity contribution in [1.82, 2.24) is 4.90 Å². The average Bonchev–Trinajstić information content (AvgIpc) is 2.37. The Morgan fingerprint density at radius 1 is 1.50 bits per heavy atom. The summed E-state index contributed by atoms with van der Waals surface area (Å²) in [7, 11) is 0. The number of halogens is 1. The third kappa shape index (κ3) is 3.73. The number of nitrogens with two attached hydrogens (primary N) is 1. The molecule has 5 heteroatoms. The van der Waals surface area contributed by atoms with E-state index in [-0.39, 0.29) is 18.1 Å². The number of carbonyl (C=O) groups excluding carboxylic acids is 1. The molecule has 1 heterocycles. The van der Waals surface area contributed by atoms with Crippen LogP contribution >= 0.6 is 15.9 Å². The molecule has 0 radical (unpaired) electrons. The van der Waals surface area contributed by atoms with Gasteiger partial charge < -0.3 is 15.4 Å². The van der Waals surface area contributed by atoms with E-state index in [4.69, 9.17) is 10.5 Å². The molecule has 4 nitrogen and oxygen atoms in total. The predicted octanol–water partition coefficient (Wildman–Crippen LogP) is 2.80. The molecule has 0 unspecified atom stereocenters. The van der Waals surface area contributed by atoms with Crippen molar-refractivity contribution in [2.75, 3.05) is 13.1 Å². The Bertz CT molecular complexity index is 491. The first kappa shape index (κ1) is 15.3. The van der Waals surface area contributed by atoms with Crippen LogP contribution in [0.25, 0.3) is 0 Å². The SMILES string of the molecule is CC(C)Oc1cc(Br)ccc1C(=O)N1CCC[C@H](N)C1. The van der Waals surface area contributed by atoms with E-state index in [2.05, 4.69) is 15.9 Å². The predicted molar refractivity (Wildman–Crippen MR) is 83.0 cm³/mol. The van der Waals surface area contributed by atoms with Crippen molar-refractivity contribution in [2.45, 2.75) is 38.8 Å². The summed E-state index contributed by atoms with van der Waals surface area (Å²) in [5.74, 6) is 0.627. The molecule has 0 saturated carbocycles. The molecular formula is C15H21BrN2O2. The fourth-order valence-electron chi connectivity index (χ4n) is 2.39. The Morgan fingerprint density at radius 2 is 2.25 bits per heavy atom. The van der Waals surface area contributed by atoms with E-state index in [0.29, 0.717) is 17.9 Å². The number of hydrogen-bond donors (Lipinski definition) is 1. The van der Waals surface area contributed by atoms with Gasteiger partial charge in [0.25, 0.3) is 5.91 Å². The van der Waals surface area contributed by atoms with E-state index in [1.807, 2.05) is 36.9 Å². The zero-order chi connectivity index (χ0) is 14.7. The van der Waals surface area contributed by atoms with Gasteiger partial charge in [0.15, 0.2) is 0 Å². The van der Waals surface area contributed by atoms with E-state index in [9.17, 15) is 4.79 Å². The average molecular weight is 341 g/mol. The Labute approximate surface area is 128 Å². The van der Waals surface area contributed by atoms with Gasteiger partial charge >= 0.3 is 0 Å². The van der Waals surface area contributed by atoms with Gasteiger partial charge in [-0.2, -0.15) is 0 Å². The Kier molecular flexibility index (Phi) is 5.05. The van der Waals surface area contributed by atoms with Gasteiger partial charge in [-0.3, -0.25) is 4.79 Å². The van der Waals surface area contributed by atoms with Crippen LogP contribution in [0.1, 0.15) is 37.0 Å². The fourth-order valence-corrected chi connectivity index (χ4v) is 2.73. The standard InChI is InChI=1S/C15H21BrN2O2/c1-10(2)20-14-8-11(16)5-6-13(14)15(19)18-7-3-4-12(17)9-18/h5-6,8,10,12H,3-4,7,9,17H2,1-2H3/t12-/m0/s1. The van der Waals surface area contributed by atoms with Crippen LogP contribution in [0.3, 0.4) is 0 Å². The second-order valence-corrected chi connectivity index (χ2v) is 6.38. The lowest BCUT2D eigenvalue weighted by atomic mass is 10.0. The van der Waals surface area contributed by atoms with Crippen LogP contribution < -0.4 is 10.5 Å². The topological polar surface area (TPSA) is 55.6 Å². The van der Waals surface area contributed by atoms with Crippen molar-refractivity contribution >= 4 is 21.8 Å². The molecule has 2 N–H and O–H groups in total. The van der Waals surface area contributed by atoms with Crippen LogP contribution in [0, 0.1) is 0 Å². The lowest BCUT2D eigenvalue weighted by Gasteiger charge is -2.31. The summed E-state index contributed by atoms with van der Waals surface area (Å²) in [4.78, 5) is 14.5. The molecule has 1 aliphatic rings. The second kappa shape index (κ2) is 6.59. The van der Waals surface area contributed by atoms with Crippen LogP contribution in [0.2, 0.25) is 0 Å². The maximum absolute atomic E-state index is 12.6. The molecular weight excluding hydrogens is 320 g/mol. The van der Waals surface area contributed by atoms with Crippen molar-refractivity contribution in [3.05, 3.63) is 28.2 Å². The molecule has 0 aromatic heterocycles. The van der Waals surface area contributed by atoms with Crippen molar-refractivity contribution < 1.29 is 9.53 Å². The van der Waals surface area contributed by atoms with Crippen molar-refractivity contribution in [1.29, 1.82) is 0 Å². The molecule has 0 aliphatic carbocycles. The first-order valence-corrected chi connectivity index (χ1v) is 7.77. The van der Waals surface area contributed by atoms with Gasteiger partial charge in [0.05, 0.1) is 11.7 Å². The van der Waals surface area contributed by atoms with Crippen molar-refractivity contribution in [2.24, 2.45) is 5.73 Å². The number of likely N-dealkylation sites (tertiary alicyclic amines) is 1. The molecule has 1 fully saturated rings. The van der Waals surface area contributed by atoms with Gasteiger partial charge in [0.1, 0.15) is 5.75 Å². The first-order chi connectivity index (χ1) is 9.47. The number of ether oxygens (including phenoxy) is 1. The van der Waals surface area contributed by atoms with Crippen LogP contribution in [-0.4, -0.2) is 36.0 Å². The number of rotatable bonds is 3. The molecule has 0 spiro atoms. The van der Waals surface area contributed by atoms with Gasteiger partial charge in [0.2, 0.25) is 0 Å². The van der Waals surface area contributed by atoms with Gasteiger partial charge in [0, 0.05) is 23.6 Å². The molecule has 1 aromatic carbocycles. The number of hydrogen-bond acceptors (Lipinski definition) is 3. The van der Waals surface area contributed by atoms with Crippen LogP contribution in [-0.2, 0) is 0 Å². The minimum Gasteiger partial charge on any atom is -0.490 e. The normalized spacial score (nSPS) is 19.2. The summed E-state index contributed by atoms with van der Waals surface area (Å²) in [6.45, 7) is 5.29. The smallest absolute Gasteiger partial charge is 0.257 e. The molecule has 110 valence electrons. The zero-order valence-corrected chi connectivity index (χ0v) is 13.5. The summed E-state index contributed by atoms with van der Waals surface area (Å²) in [5.41, 5.74) is 6.56. The van der Waals surface area contributed by atoms with Gasteiger partial charge in [-0.25, -0.2) is 0 Å². The van der Waals surface area contributed by atoms with Crippen molar-refractivity contribution in [3.8, 4) is 5.75 Å². The first-order valence-electron chi connectivity index (χ1n) is 6.98. The third-order valence-electron chi connectivity index (χ3n) is 3.28. The Morgan fingerprint density at radius 3 is 2.90 bits per heavy atom. The summed E-state index contributed by atoms with van der Waals surface area (Å²) in [6, 6.07) is 5.60. The summed E-state index contributed by atoms with van der Waals surface area (Å²) in [5, 5.41) is 0. The molecule has 2 rings (SSSR count).